The largest absolute Gasteiger partial charge is 0.488 e. The van der Waals surface area contributed by atoms with Gasteiger partial charge in [-0.3, -0.25) is 0 Å². The molecule has 4 heteroatoms. The minimum Gasteiger partial charge on any atom is -0.423 e. The second-order valence-corrected chi connectivity index (χ2v) is 2.72. The van der Waals surface area contributed by atoms with Crippen LogP contribution in [0.5, 0.6) is 0 Å². The first-order valence-electron chi connectivity index (χ1n) is 3.71. The normalized spacial score (nSPS) is 10.0. The summed E-state index contributed by atoms with van der Waals surface area (Å²) in [5, 5.41) is 26.5. The van der Waals surface area contributed by atoms with Crippen LogP contribution in [0.15, 0.2) is 18.2 Å². The number of benzene rings is 1. The van der Waals surface area contributed by atoms with E-state index in [0.717, 1.165) is 11.1 Å². The Balaban J connectivity index is 3.03. The van der Waals surface area contributed by atoms with Gasteiger partial charge in [0.05, 0.1) is 6.61 Å². The molecule has 12 heavy (non-hydrogen) atoms. The van der Waals surface area contributed by atoms with Crippen molar-refractivity contribution in [3.05, 3.63) is 29.3 Å². The fourth-order valence-corrected chi connectivity index (χ4v) is 1.13. The Bertz CT molecular complexity index is 273. The molecule has 0 aliphatic rings. The van der Waals surface area contributed by atoms with E-state index in [1.807, 2.05) is 0 Å². The number of hydrogen-bond donors (Lipinski definition) is 3. The third-order valence-electron chi connectivity index (χ3n) is 1.79. The van der Waals surface area contributed by atoms with Crippen LogP contribution < -0.4 is 5.46 Å². The lowest BCUT2D eigenvalue weighted by Crippen LogP contribution is -2.32. The quantitative estimate of drug-likeness (QED) is 0.502. The molecule has 0 saturated heterocycles. The van der Waals surface area contributed by atoms with Crippen LogP contribution in [0.1, 0.15) is 11.1 Å². The molecule has 0 aromatic heterocycles. The zero-order valence-electron chi connectivity index (χ0n) is 6.86. The Morgan fingerprint density at radius 2 is 2.00 bits per heavy atom. The molecule has 1 aromatic rings. The topological polar surface area (TPSA) is 60.7 Å². The number of aliphatic hydroxyl groups is 1. The van der Waals surface area contributed by atoms with Gasteiger partial charge in [-0.1, -0.05) is 23.8 Å². The highest BCUT2D eigenvalue weighted by Crippen LogP contribution is 2.01. The molecule has 0 bridgehead atoms. The number of aliphatic hydroxyl groups excluding tert-OH is 1. The maximum absolute atomic E-state index is 8.86. The monoisotopic (exact) mass is 166 g/mol. The smallest absolute Gasteiger partial charge is 0.423 e. The highest BCUT2D eigenvalue weighted by molar-refractivity contribution is 6.59. The molecule has 0 spiro atoms. The second-order valence-electron chi connectivity index (χ2n) is 2.72. The van der Waals surface area contributed by atoms with Gasteiger partial charge in [0, 0.05) is 0 Å². The summed E-state index contributed by atoms with van der Waals surface area (Å²) in [7, 11) is -1.43. The lowest BCUT2D eigenvalue weighted by Gasteiger charge is -2.05. The van der Waals surface area contributed by atoms with Crippen molar-refractivity contribution in [2.24, 2.45) is 0 Å². The Morgan fingerprint density at radius 3 is 2.42 bits per heavy atom. The predicted molar refractivity (Wildman–Crippen MR) is 46.9 cm³/mol. The molecule has 0 aliphatic heterocycles. The van der Waals surface area contributed by atoms with E-state index in [2.05, 4.69) is 0 Å². The molecule has 0 radical (unpaired) electrons. The van der Waals surface area contributed by atoms with E-state index < -0.39 is 7.12 Å². The third kappa shape index (κ3) is 1.85. The van der Waals surface area contributed by atoms with Crippen molar-refractivity contribution in [1.29, 1.82) is 0 Å². The summed E-state index contributed by atoms with van der Waals surface area (Å²) < 4.78 is 0. The molecule has 64 valence electrons. The summed E-state index contributed by atoms with van der Waals surface area (Å²) in [5.41, 5.74) is 2.03. The maximum Gasteiger partial charge on any atom is 0.488 e. The first kappa shape index (κ1) is 9.25. The van der Waals surface area contributed by atoms with Gasteiger partial charge < -0.3 is 15.2 Å². The average Bonchev–Trinajstić information content (AvgIpc) is 2.03. The van der Waals surface area contributed by atoms with Crippen LogP contribution in [0.25, 0.3) is 0 Å². The van der Waals surface area contributed by atoms with Crippen molar-refractivity contribution >= 4 is 12.6 Å². The standard InChI is InChI=1S/C8H11BO3/c1-6-4-7(5-10)2-3-8(6)9(11)12/h2-4,10-12H,5H2,1H3. The van der Waals surface area contributed by atoms with E-state index in [1.165, 1.54) is 0 Å². The van der Waals surface area contributed by atoms with Gasteiger partial charge in [-0.05, 0) is 17.9 Å². The van der Waals surface area contributed by atoms with Crippen LogP contribution >= 0.6 is 0 Å². The molecule has 3 N–H and O–H groups in total. The van der Waals surface area contributed by atoms with Gasteiger partial charge in [0.15, 0.2) is 0 Å². The lowest BCUT2D eigenvalue weighted by molar-refractivity contribution is 0.282. The van der Waals surface area contributed by atoms with Crippen molar-refractivity contribution in [3.8, 4) is 0 Å². The van der Waals surface area contributed by atoms with E-state index in [9.17, 15) is 0 Å². The van der Waals surface area contributed by atoms with Crippen LogP contribution in [0.3, 0.4) is 0 Å². The molecule has 1 rings (SSSR count). The molecule has 0 unspecified atom stereocenters. The summed E-state index contributed by atoms with van der Waals surface area (Å²) in [4.78, 5) is 0. The van der Waals surface area contributed by atoms with Gasteiger partial charge in [0.1, 0.15) is 0 Å². The molecule has 0 aliphatic carbocycles. The molecule has 0 amide bonds. The van der Waals surface area contributed by atoms with E-state index in [-0.39, 0.29) is 6.61 Å². The molecule has 0 saturated carbocycles. The van der Waals surface area contributed by atoms with E-state index in [1.54, 1.807) is 25.1 Å². The summed E-state index contributed by atoms with van der Waals surface area (Å²) in [6.45, 7) is 1.75. The molecule has 0 heterocycles. The van der Waals surface area contributed by atoms with Gasteiger partial charge >= 0.3 is 7.12 Å². The molecular formula is C8H11BO3. The third-order valence-corrected chi connectivity index (χ3v) is 1.79. The number of aryl methyl sites for hydroxylation is 1. The second kappa shape index (κ2) is 3.71. The highest BCUT2D eigenvalue weighted by atomic mass is 16.4. The van der Waals surface area contributed by atoms with E-state index in [0.29, 0.717) is 5.46 Å². The SMILES string of the molecule is Cc1cc(CO)ccc1B(O)O. The van der Waals surface area contributed by atoms with Crippen LogP contribution in [-0.2, 0) is 6.61 Å². The fraction of sp³-hybridized carbons (Fsp3) is 0.250. The van der Waals surface area contributed by atoms with Gasteiger partial charge in [-0.15, -0.1) is 0 Å². The Hall–Kier alpha value is -0.835. The minimum atomic E-state index is -1.43. The van der Waals surface area contributed by atoms with E-state index >= 15 is 0 Å². The Morgan fingerprint density at radius 1 is 1.33 bits per heavy atom. The van der Waals surface area contributed by atoms with Crippen LogP contribution in [0.2, 0.25) is 0 Å². The fourth-order valence-electron chi connectivity index (χ4n) is 1.13. The van der Waals surface area contributed by atoms with E-state index in [4.69, 9.17) is 15.2 Å². The van der Waals surface area contributed by atoms with Crippen molar-refractivity contribution in [3.63, 3.8) is 0 Å². The van der Waals surface area contributed by atoms with Crippen molar-refractivity contribution in [2.75, 3.05) is 0 Å². The van der Waals surface area contributed by atoms with Crippen LogP contribution in [-0.4, -0.2) is 22.3 Å². The van der Waals surface area contributed by atoms with Gasteiger partial charge in [0.25, 0.3) is 0 Å². The van der Waals surface area contributed by atoms with Crippen LogP contribution in [0, 0.1) is 6.92 Å². The summed E-state index contributed by atoms with van der Waals surface area (Å²) in [5.74, 6) is 0. The number of hydrogen-bond acceptors (Lipinski definition) is 3. The lowest BCUT2D eigenvalue weighted by atomic mass is 9.77. The minimum absolute atomic E-state index is 0.0252. The van der Waals surface area contributed by atoms with Crippen molar-refractivity contribution in [1.82, 2.24) is 0 Å². The maximum atomic E-state index is 8.86. The Labute approximate surface area is 71.4 Å². The van der Waals surface area contributed by atoms with Crippen LogP contribution in [0.4, 0.5) is 0 Å². The van der Waals surface area contributed by atoms with Gasteiger partial charge in [-0.25, -0.2) is 0 Å². The Kier molecular flexibility index (Phi) is 2.86. The molecule has 3 nitrogen and oxygen atoms in total. The predicted octanol–water partition coefficient (Wildman–Crippen LogP) is -0.833. The zero-order valence-corrected chi connectivity index (χ0v) is 6.86. The summed E-state index contributed by atoms with van der Waals surface area (Å²) >= 11 is 0. The molecular weight excluding hydrogens is 155 g/mol. The first-order valence-corrected chi connectivity index (χ1v) is 3.71. The summed E-state index contributed by atoms with van der Waals surface area (Å²) in [6.07, 6.45) is 0. The first-order chi connectivity index (χ1) is 5.65. The van der Waals surface area contributed by atoms with Crippen molar-refractivity contribution in [2.45, 2.75) is 13.5 Å². The average molecular weight is 166 g/mol. The van der Waals surface area contributed by atoms with Gasteiger partial charge in [0.2, 0.25) is 0 Å². The zero-order chi connectivity index (χ0) is 9.14. The van der Waals surface area contributed by atoms with Crippen molar-refractivity contribution < 1.29 is 15.2 Å². The summed E-state index contributed by atoms with van der Waals surface area (Å²) in [6, 6.07) is 5.00. The number of rotatable bonds is 2. The molecule has 1 aromatic carbocycles. The highest BCUT2D eigenvalue weighted by Gasteiger charge is 2.13. The van der Waals surface area contributed by atoms with Gasteiger partial charge in [-0.2, -0.15) is 0 Å². The molecule has 0 atom stereocenters. The molecule has 0 fully saturated rings.